The van der Waals surface area contributed by atoms with Crippen molar-refractivity contribution in [1.29, 1.82) is 0 Å². The number of carbonyl (C=O) groups excluding carboxylic acids is 4. The van der Waals surface area contributed by atoms with Gasteiger partial charge < -0.3 is 194 Å². The van der Waals surface area contributed by atoms with E-state index in [1.807, 2.05) is 0 Å². The van der Waals surface area contributed by atoms with Gasteiger partial charge in [0.1, 0.15) is 183 Å². The predicted octanol–water partition coefficient (Wildman–Crippen LogP) is -13.9. The van der Waals surface area contributed by atoms with Gasteiger partial charge >= 0.3 is 11.9 Å². The minimum Gasteiger partial charge on any atom is -0.465 e. The van der Waals surface area contributed by atoms with E-state index in [-0.39, 0.29) is 36.2 Å². The minimum absolute atomic E-state index is 0.113. The van der Waals surface area contributed by atoms with Crippen molar-refractivity contribution in [3.63, 3.8) is 0 Å². The van der Waals surface area contributed by atoms with Crippen LogP contribution in [0.1, 0.15) is 13.8 Å². The lowest BCUT2D eigenvalue weighted by Gasteiger charge is -2.50. The van der Waals surface area contributed by atoms with Gasteiger partial charge in [-0.25, -0.2) is 0 Å². The van der Waals surface area contributed by atoms with Crippen molar-refractivity contribution < 1.29 is 192 Å². The lowest BCUT2D eigenvalue weighted by molar-refractivity contribution is -0.395. The van der Waals surface area contributed by atoms with Gasteiger partial charge in [0, 0.05) is 24.6 Å². The van der Waals surface area contributed by atoms with Gasteiger partial charge in [-0.05, 0) is 27.9 Å². The van der Waals surface area contributed by atoms with E-state index in [0.717, 1.165) is 43.2 Å². The topological polar surface area (TPSA) is 648 Å². The van der Waals surface area contributed by atoms with Crippen LogP contribution in [0.15, 0.2) is 0 Å². The molecule has 0 saturated carbocycles. The first kappa shape index (κ1) is 88.4. The molecule has 21 aliphatic heterocycles. The molecular weight excluding hydrogens is 1500 g/mol. The van der Waals surface area contributed by atoms with Gasteiger partial charge in [-0.1, -0.05) is 43.2 Å². The number of carbonyl (C=O) groups is 4. The Kier molecular flexibility index (Phi) is 35.0. The summed E-state index contributed by atoms with van der Waals surface area (Å²) in [6, 6.07) is -1.49. The molecule has 14 bridgehead atoms. The summed E-state index contributed by atoms with van der Waals surface area (Å²) in [5.41, 5.74) is 0. The van der Waals surface area contributed by atoms with E-state index in [9.17, 15) is 116 Å². The average Bonchev–Trinajstić information content (AvgIpc) is 0.782. The highest BCUT2D eigenvalue weighted by atomic mass is 33.1. The Morgan fingerprint density at radius 2 is 0.514 bits per heavy atom. The van der Waals surface area contributed by atoms with Gasteiger partial charge in [-0.15, -0.1) is 0 Å². The molecule has 21 rings (SSSR count). The summed E-state index contributed by atoms with van der Waals surface area (Å²) in [5, 5.41) is 228. The maximum atomic E-state index is 13.4. The van der Waals surface area contributed by atoms with Gasteiger partial charge in [0.15, 0.2) is 44.0 Å². The Labute approximate surface area is 615 Å². The van der Waals surface area contributed by atoms with E-state index in [1.54, 1.807) is 13.8 Å². The van der Waals surface area contributed by atoms with Crippen LogP contribution in [-0.4, -0.2) is 444 Å². The fourth-order valence-electron chi connectivity index (χ4n) is 12.4. The van der Waals surface area contributed by atoms with Crippen molar-refractivity contribution in [1.82, 2.24) is 21.3 Å². The summed E-state index contributed by atoms with van der Waals surface area (Å²) < 4.78 is 92.7. The SMILES string of the molecule is CCOC(=O)C(CSSCC(=O)NCC1OC2OC3C(CO)OC(OC4C(CO)OC(OC5C(CNC(=O)CSSCC(NC)C(=O)OCC)OC(OC6C(CO)OC(OC7C(CO)OC(OC8C(CO)OC(OC1C(O)C2O)C(O)C8O)C(O)C7O)C(O)C6O)C(O)C5O)C(O)C4O)C(O)C3O)NC. The van der Waals surface area contributed by atoms with Crippen LogP contribution in [0, 0.1) is 0 Å². The summed E-state index contributed by atoms with van der Waals surface area (Å²) >= 11 is 0. The molecule has 608 valence electrons. The van der Waals surface area contributed by atoms with Crippen LogP contribution >= 0.6 is 43.2 Å². The fourth-order valence-corrected chi connectivity index (χ4v) is 16.6. The van der Waals surface area contributed by atoms with Crippen LogP contribution in [0.4, 0.5) is 0 Å². The fraction of sp³-hybridized carbons (Fsp3) is 0.931. The summed E-state index contributed by atoms with van der Waals surface area (Å²) in [6.07, 6.45) is -73.1. The van der Waals surface area contributed by atoms with Crippen molar-refractivity contribution in [3.05, 3.63) is 0 Å². The lowest BCUT2D eigenvalue weighted by atomic mass is 9.95. The molecule has 21 heterocycles. The summed E-state index contributed by atoms with van der Waals surface area (Å²) in [6.45, 7) is -3.40. The Bertz CT molecular complexity index is 2620. The molecule has 37 atom stereocenters. The third-order valence-corrected chi connectivity index (χ3v) is 22.8. The highest BCUT2D eigenvalue weighted by Crippen LogP contribution is 2.39. The molecule has 0 radical (unpaired) electrons. The smallest absolute Gasteiger partial charge is 0.324 e. The quantitative estimate of drug-likeness (QED) is 0.0229. The second-order valence-corrected chi connectivity index (χ2v) is 30.2. The number of likely N-dealkylation sites (N-methyl/N-ethyl adjacent to an activating group) is 2. The van der Waals surface area contributed by atoms with Crippen molar-refractivity contribution in [3.8, 4) is 0 Å². The molecule has 0 aromatic rings. The van der Waals surface area contributed by atoms with Crippen molar-refractivity contribution in [2.45, 2.75) is 241 Å². The third kappa shape index (κ3) is 21.4. The second kappa shape index (κ2) is 41.6. The molecule has 23 N–H and O–H groups in total. The van der Waals surface area contributed by atoms with Crippen LogP contribution in [-0.2, 0) is 95.0 Å². The number of hydrogen-bond donors (Lipinski definition) is 23. The summed E-state index contributed by atoms with van der Waals surface area (Å²) in [5.74, 6) is -2.75. The van der Waals surface area contributed by atoms with Crippen LogP contribution in [0.2, 0.25) is 0 Å². The molecular formula is C58H98N4O39S4. The molecule has 2 amide bonds. The largest absolute Gasteiger partial charge is 0.465 e. The molecule has 37 unspecified atom stereocenters. The van der Waals surface area contributed by atoms with Crippen LogP contribution in [0.25, 0.3) is 0 Å². The molecule has 105 heavy (non-hydrogen) atoms. The highest BCUT2D eigenvalue weighted by Gasteiger charge is 2.60. The summed E-state index contributed by atoms with van der Waals surface area (Å²) in [7, 11) is 7.31. The zero-order valence-electron chi connectivity index (χ0n) is 56.8. The highest BCUT2D eigenvalue weighted by molar-refractivity contribution is 8.77. The Morgan fingerprint density at radius 3 is 0.705 bits per heavy atom. The minimum atomic E-state index is -2.30. The molecule has 0 spiro atoms. The van der Waals surface area contributed by atoms with Gasteiger partial charge in [-0.3, -0.25) is 19.2 Å². The normalized spacial score (nSPS) is 44.1. The number of aliphatic hydroxyl groups excluding tert-OH is 19. The van der Waals surface area contributed by atoms with E-state index in [4.69, 9.17) is 75.8 Å². The first-order chi connectivity index (χ1) is 50.1. The number of hydrogen-bond acceptors (Lipinski definition) is 45. The van der Waals surface area contributed by atoms with Gasteiger partial charge in [0.2, 0.25) is 11.8 Å². The molecule has 21 fully saturated rings. The Hall–Kier alpha value is -2.12. The van der Waals surface area contributed by atoms with Crippen molar-refractivity contribution in [2.24, 2.45) is 0 Å². The van der Waals surface area contributed by atoms with Crippen molar-refractivity contribution in [2.75, 3.05) is 96.4 Å². The van der Waals surface area contributed by atoms with Crippen LogP contribution in [0.3, 0.4) is 0 Å². The molecule has 47 heteroatoms. The second-order valence-electron chi connectivity index (χ2n) is 25.2. The molecule has 21 aliphatic rings. The number of rotatable bonds is 25. The van der Waals surface area contributed by atoms with Crippen LogP contribution < -0.4 is 21.3 Å². The molecule has 0 aromatic heterocycles. The molecule has 0 aromatic carbocycles. The third-order valence-electron chi connectivity index (χ3n) is 18.3. The van der Waals surface area contributed by atoms with Crippen LogP contribution in [0.5, 0.6) is 0 Å². The Morgan fingerprint density at radius 1 is 0.314 bits per heavy atom. The van der Waals surface area contributed by atoms with Gasteiger partial charge in [0.25, 0.3) is 0 Å². The average molecular weight is 1600 g/mol. The monoisotopic (exact) mass is 1600 g/mol. The summed E-state index contributed by atoms with van der Waals surface area (Å²) in [4.78, 5) is 51.5. The van der Waals surface area contributed by atoms with Crippen molar-refractivity contribution >= 4 is 66.9 Å². The maximum Gasteiger partial charge on any atom is 0.324 e. The van der Waals surface area contributed by atoms with Gasteiger partial charge in [-0.2, -0.15) is 0 Å². The molecule has 43 nitrogen and oxygen atoms in total. The number of aliphatic hydroxyl groups is 19. The Balaban J connectivity index is 1.08. The van der Waals surface area contributed by atoms with E-state index in [0.29, 0.717) is 0 Å². The predicted molar refractivity (Wildman–Crippen MR) is 349 cm³/mol. The zero-order chi connectivity index (χ0) is 76.8. The lowest BCUT2D eigenvalue weighted by Crippen LogP contribution is -2.68. The number of esters is 2. The molecule has 21 saturated heterocycles. The zero-order valence-corrected chi connectivity index (χ0v) is 60.1. The number of nitrogens with one attached hydrogen (secondary N) is 4. The standard InChI is InChI=1S/C58H98N4O39S4/c1-5-86-50(84)18(59-3)14-102-104-16-27(68)61-7-20-43-30(71)37(78)53(89-20)98-46-23(10-64)93-57(41(82)34(46)75)101-49-26(13-67)94-58(42(83)35(49)76)100-48-25(12-66)91-55(39(80)32(48)73)96-44-21(8-62-28(69)17-105-103-15-19(60-4)51(85)87-6-2)88-52(36(77)29(44)70)97-45-22(9-63)92-56(40(81)33(45)74)99-47-24(11-65)90-54(95-43)38(79)31(47)72/h18-26,29-49,52-60,63-67,70-83H,5-17H2,1-4H3,(H,61,68)(H,62,69). The van der Waals surface area contributed by atoms with E-state index in [2.05, 4.69) is 21.3 Å². The molecule has 0 aliphatic carbocycles. The first-order valence-electron chi connectivity index (χ1n) is 33.6. The van der Waals surface area contributed by atoms with E-state index in [1.165, 1.54) is 14.1 Å². The van der Waals surface area contributed by atoms with Gasteiger partial charge in [0.05, 0.1) is 57.8 Å². The van der Waals surface area contributed by atoms with E-state index >= 15 is 0 Å². The first-order valence-corrected chi connectivity index (χ1v) is 38.6. The van der Waals surface area contributed by atoms with E-state index < -0.39 is 297 Å². The number of ether oxygens (including phenoxy) is 16. The maximum absolute atomic E-state index is 13.4. The number of amides is 2.